The summed E-state index contributed by atoms with van der Waals surface area (Å²) in [6.07, 6.45) is 2.59. The van der Waals surface area contributed by atoms with Gasteiger partial charge in [-0.25, -0.2) is 9.18 Å². The van der Waals surface area contributed by atoms with Gasteiger partial charge in [-0.05, 0) is 5.56 Å². The molecule has 0 heterocycles. The van der Waals surface area contributed by atoms with Crippen LogP contribution in [0.5, 0.6) is 0 Å². The molecule has 94 valence electrons. The van der Waals surface area contributed by atoms with E-state index in [1.807, 2.05) is 6.07 Å². The van der Waals surface area contributed by atoms with Crippen molar-refractivity contribution in [3.05, 3.63) is 53.6 Å². The summed E-state index contributed by atoms with van der Waals surface area (Å²) in [6, 6.07) is 8.95. The van der Waals surface area contributed by atoms with Crippen LogP contribution in [-0.4, -0.2) is 24.0 Å². The van der Waals surface area contributed by atoms with Gasteiger partial charge in [0.1, 0.15) is 0 Å². The maximum absolute atomic E-state index is 14.7. The van der Waals surface area contributed by atoms with Crippen LogP contribution < -0.4 is 0 Å². The van der Waals surface area contributed by atoms with Crippen molar-refractivity contribution in [2.45, 2.75) is 12.3 Å². The summed E-state index contributed by atoms with van der Waals surface area (Å²) >= 11 is 0. The first-order valence-electron chi connectivity index (χ1n) is 5.51. The van der Waals surface area contributed by atoms with Gasteiger partial charge in [-0.2, -0.15) is 0 Å². The molecule has 1 aliphatic carbocycles. The quantitative estimate of drug-likeness (QED) is 0.894. The van der Waals surface area contributed by atoms with Crippen LogP contribution in [0.4, 0.5) is 4.39 Å². The van der Waals surface area contributed by atoms with Gasteiger partial charge in [0, 0.05) is 24.7 Å². The van der Waals surface area contributed by atoms with Crippen LogP contribution in [0, 0.1) is 0 Å². The highest BCUT2D eigenvalue weighted by molar-refractivity contribution is 5.90. The highest BCUT2D eigenvalue weighted by Crippen LogP contribution is 2.39. The van der Waals surface area contributed by atoms with Gasteiger partial charge in [-0.1, -0.05) is 42.5 Å². The molecule has 0 aliphatic heterocycles. The fourth-order valence-electron chi connectivity index (χ4n) is 1.97. The van der Waals surface area contributed by atoms with E-state index in [0.717, 1.165) is 0 Å². The molecule has 0 saturated heterocycles. The third-order valence-corrected chi connectivity index (χ3v) is 2.95. The van der Waals surface area contributed by atoms with Gasteiger partial charge < -0.3 is 9.84 Å². The topological polar surface area (TPSA) is 46.5 Å². The predicted molar refractivity (Wildman–Crippen MR) is 65.6 cm³/mol. The molecule has 0 saturated carbocycles. The Morgan fingerprint density at radius 2 is 2.00 bits per heavy atom. The highest BCUT2D eigenvalue weighted by Gasteiger charge is 2.39. The minimum absolute atomic E-state index is 0.000897. The average Bonchev–Trinajstić information content (AvgIpc) is 2.39. The van der Waals surface area contributed by atoms with E-state index in [-0.39, 0.29) is 12.0 Å². The molecule has 3 nitrogen and oxygen atoms in total. The molecule has 2 rings (SSSR count). The van der Waals surface area contributed by atoms with Crippen molar-refractivity contribution in [2.24, 2.45) is 0 Å². The Balaban J connectivity index is 2.47. The van der Waals surface area contributed by atoms with E-state index in [0.29, 0.717) is 11.1 Å². The minimum atomic E-state index is -2.09. The largest absolute Gasteiger partial charge is 0.478 e. The Hall–Kier alpha value is -1.94. The third-order valence-electron chi connectivity index (χ3n) is 2.95. The maximum atomic E-state index is 14.7. The van der Waals surface area contributed by atoms with E-state index >= 15 is 0 Å². The first kappa shape index (κ1) is 12.5. The van der Waals surface area contributed by atoms with Gasteiger partial charge in [-0.15, -0.1) is 0 Å². The first-order valence-corrected chi connectivity index (χ1v) is 5.51. The number of carboxylic acids is 1. The molecule has 18 heavy (non-hydrogen) atoms. The Morgan fingerprint density at radius 3 is 2.56 bits per heavy atom. The van der Waals surface area contributed by atoms with Crippen molar-refractivity contribution in [3.63, 3.8) is 0 Å². The fraction of sp³-hybridized carbons (Fsp3) is 0.214. The lowest BCUT2D eigenvalue weighted by Crippen LogP contribution is -2.31. The summed E-state index contributed by atoms with van der Waals surface area (Å²) in [4.78, 5) is 10.9. The molecule has 0 bridgehead atoms. The second-order valence-electron chi connectivity index (χ2n) is 4.05. The number of methoxy groups -OCH3 is 1. The molecule has 1 aromatic rings. The van der Waals surface area contributed by atoms with Crippen LogP contribution >= 0.6 is 0 Å². The van der Waals surface area contributed by atoms with Crippen molar-refractivity contribution < 1.29 is 19.0 Å². The van der Waals surface area contributed by atoms with Crippen molar-refractivity contribution in [1.29, 1.82) is 0 Å². The number of carbonyl (C=O) groups is 1. The molecule has 0 fully saturated rings. The van der Waals surface area contributed by atoms with Crippen molar-refractivity contribution in [3.8, 4) is 0 Å². The van der Waals surface area contributed by atoms with Gasteiger partial charge in [0.05, 0.1) is 0 Å². The molecule has 0 spiro atoms. The van der Waals surface area contributed by atoms with Gasteiger partial charge in [-0.3, -0.25) is 0 Å². The van der Waals surface area contributed by atoms with Crippen LogP contribution in [0.1, 0.15) is 12.0 Å². The fourth-order valence-corrected chi connectivity index (χ4v) is 1.97. The molecule has 0 radical (unpaired) electrons. The molecule has 1 unspecified atom stereocenters. The molecule has 1 N–H and O–H groups in total. The second kappa shape index (κ2) is 4.74. The number of allylic oxidation sites excluding steroid dienone is 2. The second-order valence-corrected chi connectivity index (χ2v) is 4.05. The molecular weight excluding hydrogens is 235 g/mol. The summed E-state index contributed by atoms with van der Waals surface area (Å²) in [7, 11) is 1.24. The van der Waals surface area contributed by atoms with E-state index in [1.165, 1.54) is 19.3 Å². The van der Waals surface area contributed by atoms with Crippen molar-refractivity contribution in [1.82, 2.24) is 0 Å². The van der Waals surface area contributed by atoms with Crippen molar-refractivity contribution in [2.75, 3.05) is 7.11 Å². The Labute approximate surface area is 104 Å². The zero-order valence-electron chi connectivity index (χ0n) is 9.89. The smallest absolute Gasteiger partial charge is 0.331 e. The third kappa shape index (κ3) is 2.19. The van der Waals surface area contributed by atoms with Crippen LogP contribution in [-0.2, 0) is 9.53 Å². The highest BCUT2D eigenvalue weighted by atomic mass is 19.2. The summed E-state index contributed by atoms with van der Waals surface area (Å²) in [6.45, 7) is 0. The van der Waals surface area contributed by atoms with Gasteiger partial charge >= 0.3 is 5.97 Å². The van der Waals surface area contributed by atoms with Gasteiger partial charge in [0.25, 0.3) is 0 Å². The van der Waals surface area contributed by atoms with Crippen molar-refractivity contribution >= 4 is 11.5 Å². The zero-order valence-corrected chi connectivity index (χ0v) is 9.89. The number of hydrogen-bond acceptors (Lipinski definition) is 2. The molecule has 0 aromatic heterocycles. The monoisotopic (exact) mass is 248 g/mol. The number of benzene rings is 1. The molecule has 1 aliphatic rings. The zero-order chi connectivity index (χ0) is 13.2. The standard InChI is InChI=1S/C14H13FO3/c1-18-14(15)9-11(13(16)17)7-8-12(14)10-5-3-2-4-6-10/h2-8H,9H2,1H3,(H,16,17). The molecule has 4 heteroatoms. The Morgan fingerprint density at radius 1 is 1.33 bits per heavy atom. The summed E-state index contributed by atoms with van der Waals surface area (Å²) in [5.41, 5.74) is 1.03. The van der Waals surface area contributed by atoms with E-state index in [4.69, 9.17) is 9.84 Å². The molecule has 1 aromatic carbocycles. The normalized spacial score (nSPS) is 23.2. The Bertz CT molecular complexity index is 519. The number of carboxylic acid groups (broad SMARTS) is 1. The van der Waals surface area contributed by atoms with Gasteiger partial charge in [0.2, 0.25) is 5.85 Å². The summed E-state index contributed by atoms with van der Waals surface area (Å²) < 4.78 is 19.6. The number of hydrogen-bond donors (Lipinski definition) is 1. The number of halogens is 1. The molecule has 1 atom stereocenters. The van der Waals surface area contributed by atoms with Crippen LogP contribution in [0.2, 0.25) is 0 Å². The first-order chi connectivity index (χ1) is 8.57. The summed E-state index contributed by atoms with van der Waals surface area (Å²) in [5.74, 6) is -3.22. The minimum Gasteiger partial charge on any atom is -0.478 e. The van der Waals surface area contributed by atoms with Crippen LogP contribution in [0.25, 0.3) is 5.57 Å². The SMILES string of the molecule is COC1(F)CC(C(=O)O)=CC=C1c1ccccc1. The number of aliphatic carboxylic acids is 1. The maximum Gasteiger partial charge on any atom is 0.331 e. The van der Waals surface area contributed by atoms with Crippen LogP contribution in [0.3, 0.4) is 0 Å². The van der Waals surface area contributed by atoms with E-state index in [2.05, 4.69) is 0 Å². The lowest BCUT2D eigenvalue weighted by atomic mass is 9.88. The average molecular weight is 248 g/mol. The lowest BCUT2D eigenvalue weighted by Gasteiger charge is -2.29. The lowest BCUT2D eigenvalue weighted by molar-refractivity contribution is -0.134. The predicted octanol–water partition coefficient (Wildman–Crippen LogP) is 2.80. The van der Waals surface area contributed by atoms with E-state index in [1.54, 1.807) is 24.3 Å². The number of alkyl halides is 1. The summed E-state index contributed by atoms with van der Waals surface area (Å²) in [5, 5.41) is 8.90. The van der Waals surface area contributed by atoms with E-state index < -0.39 is 11.8 Å². The Kier molecular flexibility index (Phi) is 3.30. The number of ether oxygens (including phenoxy) is 1. The van der Waals surface area contributed by atoms with Crippen LogP contribution in [0.15, 0.2) is 48.1 Å². The van der Waals surface area contributed by atoms with Gasteiger partial charge in [0.15, 0.2) is 0 Å². The van der Waals surface area contributed by atoms with E-state index in [9.17, 15) is 9.18 Å². The molecular formula is C14H13FO3. The molecule has 0 amide bonds. The number of rotatable bonds is 3.